The van der Waals surface area contributed by atoms with Gasteiger partial charge in [0.15, 0.2) is 0 Å². The summed E-state index contributed by atoms with van der Waals surface area (Å²) in [5.74, 6) is 0.430. The van der Waals surface area contributed by atoms with Gasteiger partial charge >= 0.3 is 0 Å². The fourth-order valence-corrected chi connectivity index (χ4v) is 3.42. The van der Waals surface area contributed by atoms with Crippen LogP contribution in [0.5, 0.6) is 5.88 Å². The van der Waals surface area contributed by atoms with Crippen LogP contribution in [0.25, 0.3) is 0 Å². The van der Waals surface area contributed by atoms with Gasteiger partial charge in [-0.15, -0.1) is 0 Å². The minimum Gasteiger partial charge on any atom is -0.471 e. The topological polar surface area (TPSA) is 58.8 Å². The molecule has 1 aromatic heterocycles. The zero-order valence-electron chi connectivity index (χ0n) is 16.4. The normalized spacial score (nSPS) is 14.7. The summed E-state index contributed by atoms with van der Waals surface area (Å²) >= 11 is 0. The minimum absolute atomic E-state index is 0.130. The average molecular weight is 391 g/mol. The highest BCUT2D eigenvalue weighted by Gasteiger charge is 2.25. The van der Waals surface area contributed by atoms with Gasteiger partial charge in [-0.3, -0.25) is 9.69 Å². The van der Waals surface area contributed by atoms with Crippen molar-refractivity contribution in [1.29, 1.82) is 0 Å². The van der Waals surface area contributed by atoms with E-state index in [2.05, 4.69) is 34.3 Å². The number of piperazine rings is 1. The largest absolute Gasteiger partial charge is 0.471 e. The predicted octanol–water partition coefficient (Wildman–Crippen LogP) is 3.25. The molecule has 0 bridgehead atoms. The third kappa shape index (κ3) is 5.23. The zero-order chi connectivity index (χ0) is 19.9. The molecule has 0 atom stereocenters. The van der Waals surface area contributed by atoms with Gasteiger partial charge in [-0.25, -0.2) is 0 Å². The Morgan fingerprint density at radius 3 is 2.28 bits per heavy atom. The molecule has 3 aromatic rings. The van der Waals surface area contributed by atoms with Crippen molar-refractivity contribution in [2.45, 2.75) is 13.0 Å². The number of aromatic nitrogens is 1. The third-order valence-corrected chi connectivity index (χ3v) is 5.15. The third-order valence-electron chi connectivity index (χ3n) is 5.15. The van der Waals surface area contributed by atoms with Gasteiger partial charge in [0.2, 0.25) is 5.76 Å². The highest BCUT2D eigenvalue weighted by molar-refractivity contribution is 5.91. The smallest absolute Gasteiger partial charge is 0.292 e. The number of amides is 1. The van der Waals surface area contributed by atoms with Crippen molar-refractivity contribution in [3.63, 3.8) is 0 Å². The fraction of sp³-hybridized carbons (Fsp3) is 0.304. The van der Waals surface area contributed by atoms with Crippen molar-refractivity contribution in [2.24, 2.45) is 0 Å². The second-order valence-electron chi connectivity index (χ2n) is 7.17. The molecule has 150 valence electrons. The molecule has 0 unspecified atom stereocenters. The van der Waals surface area contributed by atoms with Crippen LogP contribution in [0.1, 0.15) is 21.7 Å². The van der Waals surface area contributed by atoms with E-state index in [-0.39, 0.29) is 11.7 Å². The van der Waals surface area contributed by atoms with Crippen molar-refractivity contribution >= 4 is 5.91 Å². The van der Waals surface area contributed by atoms with Crippen LogP contribution in [0.3, 0.4) is 0 Å². The molecule has 0 aliphatic carbocycles. The Morgan fingerprint density at radius 2 is 1.59 bits per heavy atom. The molecule has 0 radical (unpaired) electrons. The van der Waals surface area contributed by atoms with E-state index in [4.69, 9.17) is 9.26 Å². The van der Waals surface area contributed by atoms with Crippen LogP contribution >= 0.6 is 0 Å². The maximum atomic E-state index is 12.7. The predicted molar refractivity (Wildman–Crippen MR) is 110 cm³/mol. The van der Waals surface area contributed by atoms with E-state index >= 15 is 0 Å². The molecule has 0 N–H and O–H groups in total. The molecule has 1 saturated heterocycles. The number of nitrogens with zero attached hydrogens (tertiary/aromatic N) is 3. The molecule has 6 nitrogen and oxygen atoms in total. The van der Waals surface area contributed by atoms with E-state index in [1.165, 1.54) is 5.56 Å². The highest BCUT2D eigenvalue weighted by Crippen LogP contribution is 2.16. The van der Waals surface area contributed by atoms with Crippen LogP contribution in [0, 0.1) is 0 Å². The summed E-state index contributed by atoms with van der Waals surface area (Å²) in [6, 6.07) is 21.9. The Hall–Kier alpha value is -3.12. The zero-order valence-corrected chi connectivity index (χ0v) is 16.4. The summed E-state index contributed by atoms with van der Waals surface area (Å²) in [7, 11) is 0. The van der Waals surface area contributed by atoms with Crippen LogP contribution in [0.15, 0.2) is 71.3 Å². The number of carbonyl (C=O) groups is 1. The molecule has 1 aliphatic heterocycles. The maximum Gasteiger partial charge on any atom is 0.292 e. The summed E-state index contributed by atoms with van der Waals surface area (Å²) < 4.78 is 10.8. The van der Waals surface area contributed by atoms with Crippen LogP contribution in [0.2, 0.25) is 0 Å². The molecule has 6 heteroatoms. The van der Waals surface area contributed by atoms with Crippen molar-refractivity contribution < 1.29 is 14.1 Å². The average Bonchev–Trinajstić information content (AvgIpc) is 3.27. The van der Waals surface area contributed by atoms with Gasteiger partial charge in [0, 0.05) is 32.7 Å². The van der Waals surface area contributed by atoms with E-state index in [1.807, 2.05) is 41.3 Å². The van der Waals surface area contributed by atoms with Crippen LogP contribution in [0.4, 0.5) is 0 Å². The Labute approximate surface area is 170 Å². The Kier molecular flexibility index (Phi) is 6.22. The SMILES string of the molecule is O=C(c1cc(OCc2ccccc2)no1)N1CCN(CCc2ccccc2)CC1. The minimum atomic E-state index is -0.130. The van der Waals surface area contributed by atoms with Gasteiger partial charge in [-0.05, 0) is 22.7 Å². The number of ether oxygens (including phenoxy) is 1. The van der Waals surface area contributed by atoms with Gasteiger partial charge in [-0.1, -0.05) is 60.7 Å². The molecule has 2 heterocycles. The summed E-state index contributed by atoms with van der Waals surface area (Å²) in [5, 5.41) is 3.87. The van der Waals surface area contributed by atoms with Crippen LogP contribution in [-0.4, -0.2) is 53.6 Å². The highest BCUT2D eigenvalue weighted by atomic mass is 16.5. The quantitative estimate of drug-likeness (QED) is 0.619. The van der Waals surface area contributed by atoms with Gasteiger partial charge in [0.1, 0.15) is 6.61 Å². The summed E-state index contributed by atoms with van der Waals surface area (Å²) in [6.07, 6.45) is 1.03. The second-order valence-corrected chi connectivity index (χ2v) is 7.17. The first-order chi connectivity index (χ1) is 14.3. The van der Waals surface area contributed by atoms with E-state index in [9.17, 15) is 4.79 Å². The Bertz CT molecular complexity index is 903. The second kappa shape index (κ2) is 9.39. The molecular formula is C23H25N3O3. The molecule has 1 fully saturated rings. The van der Waals surface area contributed by atoms with E-state index in [0.717, 1.165) is 31.6 Å². The van der Waals surface area contributed by atoms with Gasteiger partial charge in [-0.2, -0.15) is 0 Å². The lowest BCUT2D eigenvalue weighted by atomic mass is 10.1. The summed E-state index contributed by atoms with van der Waals surface area (Å²) in [6.45, 7) is 4.50. The van der Waals surface area contributed by atoms with Crippen LogP contribution < -0.4 is 4.74 Å². The Morgan fingerprint density at radius 1 is 0.931 bits per heavy atom. The molecule has 0 spiro atoms. The number of hydrogen-bond donors (Lipinski definition) is 0. The molecule has 1 aliphatic rings. The molecule has 1 amide bonds. The van der Waals surface area contributed by atoms with Gasteiger partial charge in [0.25, 0.3) is 11.8 Å². The molecule has 0 saturated carbocycles. The lowest BCUT2D eigenvalue weighted by molar-refractivity contribution is 0.0598. The summed E-state index contributed by atoms with van der Waals surface area (Å²) in [4.78, 5) is 16.9. The lowest BCUT2D eigenvalue weighted by Crippen LogP contribution is -2.49. The lowest BCUT2D eigenvalue weighted by Gasteiger charge is -2.34. The monoisotopic (exact) mass is 391 g/mol. The van der Waals surface area contributed by atoms with Crippen molar-refractivity contribution in [3.8, 4) is 5.88 Å². The van der Waals surface area contributed by atoms with Crippen molar-refractivity contribution in [3.05, 3.63) is 83.6 Å². The van der Waals surface area contributed by atoms with Crippen molar-refractivity contribution in [1.82, 2.24) is 15.0 Å². The number of carbonyl (C=O) groups excluding carboxylic acids is 1. The standard InChI is InChI=1S/C23H25N3O3/c27-23(21-17-22(24-29-21)28-18-20-9-5-2-6-10-20)26-15-13-25(14-16-26)12-11-19-7-3-1-4-8-19/h1-10,17H,11-16,18H2. The number of benzene rings is 2. The number of hydrogen-bond acceptors (Lipinski definition) is 5. The maximum absolute atomic E-state index is 12.7. The molecule has 4 rings (SSSR count). The van der Waals surface area contributed by atoms with E-state index in [0.29, 0.717) is 25.6 Å². The Balaban J connectivity index is 1.24. The van der Waals surface area contributed by atoms with Gasteiger partial charge < -0.3 is 14.2 Å². The first-order valence-corrected chi connectivity index (χ1v) is 9.97. The fourth-order valence-electron chi connectivity index (χ4n) is 3.42. The van der Waals surface area contributed by atoms with Crippen LogP contribution in [-0.2, 0) is 13.0 Å². The number of rotatable bonds is 7. The molecule has 29 heavy (non-hydrogen) atoms. The first kappa shape index (κ1) is 19.2. The summed E-state index contributed by atoms with van der Waals surface area (Å²) in [5.41, 5.74) is 2.38. The van der Waals surface area contributed by atoms with Crippen molar-refractivity contribution in [2.75, 3.05) is 32.7 Å². The molecular weight excluding hydrogens is 366 g/mol. The first-order valence-electron chi connectivity index (χ1n) is 9.97. The van der Waals surface area contributed by atoms with Gasteiger partial charge in [0.05, 0.1) is 6.07 Å². The van der Waals surface area contributed by atoms with E-state index < -0.39 is 0 Å². The van der Waals surface area contributed by atoms with E-state index in [1.54, 1.807) is 6.07 Å². The molecule has 2 aromatic carbocycles.